The van der Waals surface area contributed by atoms with Crippen molar-refractivity contribution in [3.8, 4) is 0 Å². The van der Waals surface area contributed by atoms with Gasteiger partial charge in [0.1, 0.15) is 6.17 Å². The first kappa shape index (κ1) is 17.4. The van der Waals surface area contributed by atoms with E-state index in [9.17, 15) is 0 Å². The number of benzene rings is 1. The van der Waals surface area contributed by atoms with Gasteiger partial charge in [0.25, 0.3) is 0 Å². The Balaban J connectivity index is 1.62. The third kappa shape index (κ3) is 2.52. The van der Waals surface area contributed by atoms with E-state index in [0.29, 0.717) is 6.17 Å². The van der Waals surface area contributed by atoms with E-state index in [2.05, 4.69) is 67.0 Å². The van der Waals surface area contributed by atoms with Crippen molar-refractivity contribution in [3.05, 3.63) is 53.4 Å². The lowest BCUT2D eigenvalue weighted by Gasteiger charge is -2.48. The van der Waals surface area contributed by atoms with Gasteiger partial charge in [-0.05, 0) is 76.0 Å². The van der Waals surface area contributed by atoms with Crippen LogP contribution < -0.4 is 4.90 Å². The second-order valence-electron chi connectivity index (χ2n) is 9.50. The summed E-state index contributed by atoms with van der Waals surface area (Å²) < 4.78 is 0. The summed E-state index contributed by atoms with van der Waals surface area (Å²) in [5.74, 6) is 1.58. The summed E-state index contributed by atoms with van der Waals surface area (Å²) in [6, 6.07) is 8.99. The van der Waals surface area contributed by atoms with Gasteiger partial charge < -0.3 is 9.80 Å². The molecule has 0 aromatic heterocycles. The Labute approximate surface area is 164 Å². The van der Waals surface area contributed by atoms with Crippen LogP contribution in [0.2, 0.25) is 0 Å². The molecular weight excluding hydrogens is 328 g/mol. The third-order valence-electron chi connectivity index (χ3n) is 8.00. The molecule has 0 saturated heterocycles. The van der Waals surface area contributed by atoms with E-state index in [1.165, 1.54) is 74.0 Å². The van der Waals surface area contributed by atoms with Gasteiger partial charge in [-0.3, -0.25) is 0 Å². The first-order valence-corrected chi connectivity index (χ1v) is 11.2. The molecule has 2 unspecified atom stereocenters. The van der Waals surface area contributed by atoms with Gasteiger partial charge in [0.05, 0.1) is 11.2 Å². The minimum absolute atomic E-state index is 0.192. The van der Waals surface area contributed by atoms with Crippen LogP contribution in [0.4, 0.5) is 5.69 Å². The Morgan fingerprint density at radius 1 is 0.926 bits per heavy atom. The lowest BCUT2D eigenvalue weighted by molar-refractivity contribution is 0.0827. The standard InChI is InChI=1S/C25H34N2/c1-18-10-4-9-15-22(18)26-19(2)23-16-17-25(3,21-13-7-8-14-21)27(23)24(26)20-11-5-6-12-20/h4,9-10,15-17,20-21,24H,5-8,11-14H2,1-3H3. The van der Waals surface area contributed by atoms with E-state index in [0.717, 1.165) is 11.8 Å². The van der Waals surface area contributed by atoms with Crippen LogP contribution in [-0.2, 0) is 0 Å². The summed E-state index contributed by atoms with van der Waals surface area (Å²) in [6.45, 7) is 7.16. The molecule has 0 radical (unpaired) electrons. The number of fused-ring (bicyclic) bond motifs is 1. The van der Waals surface area contributed by atoms with E-state index < -0.39 is 0 Å². The van der Waals surface area contributed by atoms with E-state index in [1.54, 1.807) is 0 Å². The maximum absolute atomic E-state index is 2.86. The molecule has 1 aromatic carbocycles. The van der Waals surface area contributed by atoms with E-state index in [1.807, 2.05) is 0 Å². The van der Waals surface area contributed by atoms with Gasteiger partial charge in [0.2, 0.25) is 0 Å². The van der Waals surface area contributed by atoms with Gasteiger partial charge in [-0.25, -0.2) is 0 Å². The average Bonchev–Trinajstić information content (AvgIpc) is 3.43. The number of nitrogens with zero attached hydrogens (tertiary/aromatic N) is 2. The van der Waals surface area contributed by atoms with Gasteiger partial charge in [0, 0.05) is 11.4 Å². The first-order valence-electron chi connectivity index (χ1n) is 11.2. The van der Waals surface area contributed by atoms with Crippen LogP contribution in [0.5, 0.6) is 0 Å². The Morgan fingerprint density at radius 3 is 2.30 bits per heavy atom. The van der Waals surface area contributed by atoms with Crippen molar-refractivity contribution in [1.29, 1.82) is 0 Å². The third-order valence-corrected chi connectivity index (χ3v) is 8.00. The quantitative estimate of drug-likeness (QED) is 0.615. The van der Waals surface area contributed by atoms with Crippen LogP contribution in [0, 0.1) is 18.8 Å². The average molecular weight is 363 g/mol. The van der Waals surface area contributed by atoms with Crippen molar-refractivity contribution in [2.75, 3.05) is 4.90 Å². The topological polar surface area (TPSA) is 6.48 Å². The van der Waals surface area contributed by atoms with E-state index in [-0.39, 0.29) is 5.54 Å². The van der Waals surface area contributed by atoms with Gasteiger partial charge in [-0.15, -0.1) is 0 Å². The second-order valence-corrected chi connectivity index (χ2v) is 9.50. The number of aryl methyl sites for hydroxylation is 1. The Hall–Kier alpha value is -1.70. The molecule has 2 saturated carbocycles. The fraction of sp³-hybridized carbons (Fsp3) is 0.600. The van der Waals surface area contributed by atoms with E-state index >= 15 is 0 Å². The predicted molar refractivity (Wildman–Crippen MR) is 113 cm³/mol. The lowest BCUT2D eigenvalue weighted by Crippen LogP contribution is -2.55. The van der Waals surface area contributed by atoms with Crippen molar-refractivity contribution in [2.24, 2.45) is 11.8 Å². The number of rotatable bonds is 3. The molecule has 2 heteroatoms. The Kier molecular flexibility index (Phi) is 4.14. The Morgan fingerprint density at radius 2 is 1.59 bits per heavy atom. The largest absolute Gasteiger partial charge is 0.340 e. The second kappa shape index (κ2) is 6.43. The molecule has 2 fully saturated rings. The fourth-order valence-corrected chi connectivity index (χ4v) is 6.50. The van der Waals surface area contributed by atoms with Crippen LogP contribution >= 0.6 is 0 Å². The zero-order valence-corrected chi connectivity index (χ0v) is 17.2. The van der Waals surface area contributed by atoms with Crippen LogP contribution in [0.15, 0.2) is 47.8 Å². The molecule has 2 heterocycles. The number of allylic oxidation sites excluding steroid dienone is 2. The van der Waals surface area contributed by atoms with Crippen LogP contribution in [0.3, 0.4) is 0 Å². The summed E-state index contributed by atoms with van der Waals surface area (Å²) in [6.07, 6.45) is 16.7. The summed E-state index contributed by atoms with van der Waals surface area (Å²) in [5.41, 5.74) is 5.95. The Bertz CT molecular complexity index is 779. The molecule has 2 atom stereocenters. The zero-order chi connectivity index (χ0) is 18.6. The van der Waals surface area contributed by atoms with Gasteiger partial charge in [0.15, 0.2) is 0 Å². The molecular formula is C25H34N2. The summed E-state index contributed by atoms with van der Waals surface area (Å²) >= 11 is 0. The summed E-state index contributed by atoms with van der Waals surface area (Å²) in [7, 11) is 0. The summed E-state index contributed by atoms with van der Waals surface area (Å²) in [5, 5.41) is 0. The minimum Gasteiger partial charge on any atom is -0.340 e. The van der Waals surface area contributed by atoms with Crippen molar-refractivity contribution >= 4 is 5.69 Å². The molecule has 5 rings (SSSR count). The monoisotopic (exact) mass is 362 g/mol. The molecule has 27 heavy (non-hydrogen) atoms. The lowest BCUT2D eigenvalue weighted by atomic mass is 9.82. The molecule has 0 N–H and O–H groups in total. The highest BCUT2D eigenvalue weighted by Crippen LogP contribution is 2.53. The zero-order valence-electron chi connectivity index (χ0n) is 17.2. The number of hydrogen-bond donors (Lipinski definition) is 0. The predicted octanol–water partition coefficient (Wildman–Crippen LogP) is 6.38. The SMILES string of the molecule is CC1=C2C=CC(C)(C3CCCC3)N2C(C2CCCC2)N1c1ccccc1C. The van der Waals surface area contributed by atoms with Gasteiger partial charge >= 0.3 is 0 Å². The number of hydrogen-bond acceptors (Lipinski definition) is 2. The fourth-order valence-electron chi connectivity index (χ4n) is 6.50. The number of anilines is 1. The molecule has 2 aliphatic heterocycles. The van der Waals surface area contributed by atoms with Crippen LogP contribution in [-0.4, -0.2) is 16.6 Å². The molecule has 2 nitrogen and oxygen atoms in total. The van der Waals surface area contributed by atoms with Crippen LogP contribution in [0.25, 0.3) is 0 Å². The molecule has 0 spiro atoms. The molecule has 2 aliphatic carbocycles. The smallest absolute Gasteiger partial charge is 0.110 e. The summed E-state index contributed by atoms with van der Waals surface area (Å²) in [4.78, 5) is 5.57. The molecule has 0 amide bonds. The van der Waals surface area contributed by atoms with Crippen molar-refractivity contribution in [3.63, 3.8) is 0 Å². The van der Waals surface area contributed by atoms with Crippen molar-refractivity contribution < 1.29 is 0 Å². The molecule has 1 aromatic rings. The maximum atomic E-state index is 2.86. The van der Waals surface area contributed by atoms with Crippen LogP contribution in [0.1, 0.15) is 70.8 Å². The highest BCUT2D eigenvalue weighted by atomic mass is 15.5. The molecule has 0 bridgehead atoms. The van der Waals surface area contributed by atoms with Crippen molar-refractivity contribution in [1.82, 2.24) is 4.90 Å². The normalized spacial score (nSPS) is 31.6. The van der Waals surface area contributed by atoms with Crippen molar-refractivity contribution in [2.45, 2.75) is 83.8 Å². The molecule has 144 valence electrons. The highest BCUT2D eigenvalue weighted by Gasteiger charge is 2.53. The maximum Gasteiger partial charge on any atom is 0.110 e. The molecule has 4 aliphatic rings. The van der Waals surface area contributed by atoms with Gasteiger partial charge in [-0.1, -0.05) is 50.0 Å². The van der Waals surface area contributed by atoms with E-state index in [4.69, 9.17) is 0 Å². The number of para-hydroxylation sites is 1. The highest BCUT2D eigenvalue weighted by molar-refractivity contribution is 5.63. The first-order chi connectivity index (χ1) is 13.1. The van der Waals surface area contributed by atoms with Gasteiger partial charge in [-0.2, -0.15) is 0 Å². The minimum atomic E-state index is 0.192.